The Morgan fingerprint density at radius 2 is 1.96 bits per heavy atom. The first-order valence-electron chi connectivity index (χ1n) is 9.34. The molecule has 0 saturated carbocycles. The lowest BCUT2D eigenvalue weighted by Gasteiger charge is -2.31. The predicted octanol–water partition coefficient (Wildman–Crippen LogP) is 2.13. The van der Waals surface area contributed by atoms with E-state index in [2.05, 4.69) is 22.3 Å². The maximum atomic E-state index is 12.9. The van der Waals surface area contributed by atoms with Gasteiger partial charge in [0.15, 0.2) is 6.61 Å². The molecule has 0 bridgehead atoms. The number of fused-ring (bicyclic) bond motifs is 1. The van der Waals surface area contributed by atoms with Gasteiger partial charge in [0.2, 0.25) is 0 Å². The van der Waals surface area contributed by atoms with E-state index in [9.17, 15) is 9.59 Å². The third kappa shape index (κ3) is 3.80. The van der Waals surface area contributed by atoms with Gasteiger partial charge in [-0.2, -0.15) is 0 Å². The van der Waals surface area contributed by atoms with E-state index in [-0.39, 0.29) is 18.4 Å². The van der Waals surface area contributed by atoms with E-state index in [1.807, 2.05) is 12.1 Å². The lowest BCUT2D eigenvalue weighted by atomic mass is 10.1. The molecule has 2 aromatic carbocycles. The molecule has 146 valence electrons. The smallest absolute Gasteiger partial charge is 0.262 e. The van der Waals surface area contributed by atoms with Gasteiger partial charge in [-0.25, -0.2) is 0 Å². The minimum Gasteiger partial charge on any atom is -0.482 e. The summed E-state index contributed by atoms with van der Waals surface area (Å²) in [4.78, 5) is 28.3. The molecule has 0 unspecified atom stereocenters. The fourth-order valence-electron chi connectivity index (χ4n) is 3.51. The Morgan fingerprint density at radius 3 is 2.79 bits per heavy atom. The number of amides is 2. The molecule has 0 spiro atoms. The summed E-state index contributed by atoms with van der Waals surface area (Å²) in [6.45, 7) is 3.60. The average molecular weight is 381 g/mol. The van der Waals surface area contributed by atoms with E-state index in [1.54, 1.807) is 30.1 Å². The summed E-state index contributed by atoms with van der Waals surface area (Å²) >= 11 is 0. The summed E-state index contributed by atoms with van der Waals surface area (Å²) in [5.74, 6) is 0.232. The molecule has 4 rings (SSSR count). The number of anilines is 2. The molecular formula is C21H23N3O4. The van der Waals surface area contributed by atoms with E-state index < -0.39 is 0 Å². The van der Waals surface area contributed by atoms with E-state index in [0.717, 1.165) is 37.6 Å². The minimum absolute atomic E-state index is 0.0343. The molecule has 1 N–H and O–H groups in total. The van der Waals surface area contributed by atoms with Crippen LogP contribution >= 0.6 is 0 Å². The highest BCUT2D eigenvalue weighted by Gasteiger charge is 2.21. The lowest BCUT2D eigenvalue weighted by Crippen LogP contribution is -2.37. The maximum absolute atomic E-state index is 12.9. The molecule has 28 heavy (non-hydrogen) atoms. The monoisotopic (exact) mass is 381 g/mol. The van der Waals surface area contributed by atoms with E-state index >= 15 is 0 Å². The largest absolute Gasteiger partial charge is 0.482 e. The Kier molecular flexibility index (Phi) is 5.16. The first kappa shape index (κ1) is 18.3. The van der Waals surface area contributed by atoms with Crippen LogP contribution in [-0.2, 0) is 16.1 Å². The van der Waals surface area contributed by atoms with Crippen molar-refractivity contribution in [2.75, 3.05) is 50.2 Å². The van der Waals surface area contributed by atoms with Crippen LogP contribution in [0.2, 0.25) is 0 Å². The molecule has 0 aliphatic carbocycles. The second-order valence-electron chi connectivity index (χ2n) is 6.94. The quantitative estimate of drug-likeness (QED) is 0.879. The number of hydrogen-bond acceptors (Lipinski definition) is 5. The molecule has 2 aromatic rings. The van der Waals surface area contributed by atoms with Crippen molar-refractivity contribution in [3.05, 3.63) is 53.6 Å². The van der Waals surface area contributed by atoms with Crippen LogP contribution in [0.1, 0.15) is 15.9 Å². The zero-order valence-corrected chi connectivity index (χ0v) is 15.8. The van der Waals surface area contributed by atoms with Gasteiger partial charge in [-0.3, -0.25) is 9.59 Å². The van der Waals surface area contributed by atoms with Crippen molar-refractivity contribution in [2.24, 2.45) is 0 Å². The second-order valence-corrected chi connectivity index (χ2v) is 6.94. The van der Waals surface area contributed by atoms with Crippen molar-refractivity contribution in [2.45, 2.75) is 6.54 Å². The third-order valence-electron chi connectivity index (χ3n) is 4.96. The van der Waals surface area contributed by atoms with Crippen LogP contribution in [0.25, 0.3) is 0 Å². The highest BCUT2D eigenvalue weighted by atomic mass is 16.5. The number of nitrogens with one attached hydrogen (secondary N) is 1. The van der Waals surface area contributed by atoms with E-state index in [4.69, 9.17) is 9.47 Å². The number of rotatable bonds is 4. The van der Waals surface area contributed by atoms with Gasteiger partial charge >= 0.3 is 0 Å². The third-order valence-corrected chi connectivity index (χ3v) is 4.96. The van der Waals surface area contributed by atoms with Crippen molar-refractivity contribution in [3.8, 4) is 5.75 Å². The standard InChI is InChI=1S/C21H23N3O4/c1-23(13-16-4-2-3-5-18(16)24-8-10-27-11-9-24)21(26)15-6-7-17-19(12-15)28-14-20(25)22-17/h2-7,12H,8-11,13-14H2,1H3,(H,22,25). The first-order valence-corrected chi connectivity index (χ1v) is 9.34. The summed E-state index contributed by atoms with van der Waals surface area (Å²) in [5.41, 5.74) is 3.36. The lowest BCUT2D eigenvalue weighted by molar-refractivity contribution is -0.118. The summed E-state index contributed by atoms with van der Waals surface area (Å²) in [7, 11) is 1.79. The fourth-order valence-corrected chi connectivity index (χ4v) is 3.51. The topological polar surface area (TPSA) is 71.1 Å². The molecule has 2 amide bonds. The van der Waals surface area contributed by atoms with Crippen molar-refractivity contribution >= 4 is 23.2 Å². The predicted molar refractivity (Wildman–Crippen MR) is 106 cm³/mol. The molecule has 2 heterocycles. The number of morpholine rings is 1. The molecule has 0 atom stereocenters. The summed E-state index contributed by atoms with van der Waals surface area (Å²) in [6.07, 6.45) is 0. The molecular weight excluding hydrogens is 358 g/mol. The second kappa shape index (κ2) is 7.90. The highest BCUT2D eigenvalue weighted by Crippen LogP contribution is 2.29. The molecule has 7 heteroatoms. The number of para-hydroxylation sites is 1. The van der Waals surface area contributed by atoms with Gasteiger partial charge < -0.3 is 24.6 Å². The summed E-state index contributed by atoms with van der Waals surface area (Å²) < 4.78 is 10.9. The Bertz CT molecular complexity index is 893. The van der Waals surface area contributed by atoms with Gasteiger partial charge in [0.05, 0.1) is 18.9 Å². The molecule has 0 aromatic heterocycles. The Labute approximate surface area is 163 Å². The van der Waals surface area contributed by atoms with Crippen LogP contribution in [0.5, 0.6) is 5.75 Å². The van der Waals surface area contributed by atoms with E-state index in [0.29, 0.717) is 23.5 Å². The van der Waals surface area contributed by atoms with Crippen molar-refractivity contribution in [1.82, 2.24) is 4.90 Å². The van der Waals surface area contributed by atoms with E-state index in [1.165, 1.54) is 0 Å². The molecule has 2 aliphatic rings. The van der Waals surface area contributed by atoms with Gasteiger partial charge in [-0.1, -0.05) is 18.2 Å². The number of nitrogens with zero attached hydrogens (tertiary/aromatic N) is 2. The maximum Gasteiger partial charge on any atom is 0.262 e. The number of hydrogen-bond donors (Lipinski definition) is 1. The Hall–Kier alpha value is -3.06. The van der Waals surface area contributed by atoms with Crippen LogP contribution in [-0.4, -0.2) is 56.7 Å². The van der Waals surface area contributed by atoms with Crippen molar-refractivity contribution in [1.29, 1.82) is 0 Å². The van der Waals surface area contributed by atoms with Gasteiger partial charge in [0, 0.05) is 37.9 Å². The van der Waals surface area contributed by atoms with Crippen LogP contribution in [0.3, 0.4) is 0 Å². The molecule has 2 aliphatic heterocycles. The van der Waals surface area contributed by atoms with Crippen molar-refractivity contribution in [3.63, 3.8) is 0 Å². The average Bonchev–Trinajstić information content (AvgIpc) is 2.74. The minimum atomic E-state index is -0.191. The van der Waals surface area contributed by atoms with Crippen LogP contribution in [0, 0.1) is 0 Å². The molecule has 0 radical (unpaired) electrons. The van der Waals surface area contributed by atoms with Crippen molar-refractivity contribution < 1.29 is 19.1 Å². The highest BCUT2D eigenvalue weighted by molar-refractivity contribution is 5.99. The fraction of sp³-hybridized carbons (Fsp3) is 0.333. The number of benzene rings is 2. The van der Waals surface area contributed by atoms with Gasteiger partial charge in [0.25, 0.3) is 11.8 Å². The van der Waals surface area contributed by atoms with Gasteiger partial charge in [-0.15, -0.1) is 0 Å². The molecule has 1 saturated heterocycles. The SMILES string of the molecule is CN(Cc1ccccc1N1CCOCC1)C(=O)c1ccc2c(c1)OCC(=O)N2. The zero-order chi connectivity index (χ0) is 19.5. The van der Waals surface area contributed by atoms with Crippen LogP contribution < -0.4 is 15.0 Å². The molecule has 1 fully saturated rings. The Morgan fingerprint density at radius 1 is 1.18 bits per heavy atom. The van der Waals surface area contributed by atoms with Gasteiger partial charge in [-0.05, 0) is 29.8 Å². The van der Waals surface area contributed by atoms with Crippen LogP contribution in [0.15, 0.2) is 42.5 Å². The first-order chi connectivity index (χ1) is 13.6. The zero-order valence-electron chi connectivity index (χ0n) is 15.8. The summed E-state index contributed by atoms with van der Waals surface area (Å²) in [5, 5.41) is 2.73. The number of carbonyl (C=O) groups excluding carboxylic acids is 2. The number of carbonyl (C=O) groups is 2. The Balaban J connectivity index is 1.50. The molecule has 7 nitrogen and oxygen atoms in total. The number of ether oxygens (including phenoxy) is 2. The van der Waals surface area contributed by atoms with Crippen LogP contribution in [0.4, 0.5) is 11.4 Å². The van der Waals surface area contributed by atoms with Gasteiger partial charge in [0.1, 0.15) is 5.75 Å². The normalized spacial score (nSPS) is 16.0. The summed E-state index contributed by atoms with van der Waals surface area (Å²) in [6, 6.07) is 13.3.